The van der Waals surface area contributed by atoms with Crippen LogP contribution in [0.25, 0.3) is 0 Å². The van der Waals surface area contributed by atoms with Crippen molar-refractivity contribution < 1.29 is 28.7 Å². The minimum atomic E-state index is -0.960. The maximum Gasteiger partial charge on any atom is 0.326 e. The summed E-state index contributed by atoms with van der Waals surface area (Å²) in [6, 6.07) is -0.579. The second-order valence-electron chi connectivity index (χ2n) is 9.44. The molecule has 3 fully saturated rings. The number of morpholine rings is 1. The lowest BCUT2D eigenvalue weighted by molar-refractivity contribution is -0.156. The molecule has 2 saturated heterocycles. The first-order chi connectivity index (χ1) is 13.5. The molecule has 2 aliphatic heterocycles. The number of nitrogens with one attached hydrogen (secondary N) is 1. The SMILES string of the molecule is CC1CC(C)(C)CC2(C1)NC(=O)N(CC(=O)OCC(=O)N1CCOC(C)C1)C2=O. The van der Waals surface area contributed by atoms with E-state index in [0.29, 0.717) is 32.5 Å². The Balaban J connectivity index is 1.56. The topological polar surface area (TPSA) is 105 Å². The van der Waals surface area contributed by atoms with Gasteiger partial charge in [0, 0.05) is 13.1 Å². The highest BCUT2D eigenvalue weighted by Gasteiger charge is 2.56. The van der Waals surface area contributed by atoms with Crippen molar-refractivity contribution in [3.05, 3.63) is 0 Å². The maximum atomic E-state index is 13.0. The predicted molar refractivity (Wildman–Crippen MR) is 103 cm³/mol. The zero-order valence-electron chi connectivity index (χ0n) is 17.7. The summed E-state index contributed by atoms with van der Waals surface area (Å²) < 4.78 is 10.4. The first kappa shape index (κ1) is 21.5. The molecular weight excluding hydrogens is 378 g/mol. The number of imide groups is 1. The number of amides is 4. The van der Waals surface area contributed by atoms with Crippen LogP contribution in [0.2, 0.25) is 0 Å². The maximum absolute atomic E-state index is 13.0. The van der Waals surface area contributed by atoms with E-state index in [-0.39, 0.29) is 29.3 Å². The van der Waals surface area contributed by atoms with E-state index in [1.54, 1.807) is 4.90 Å². The third-order valence-corrected chi connectivity index (χ3v) is 5.86. The van der Waals surface area contributed by atoms with Crippen LogP contribution < -0.4 is 5.32 Å². The minimum Gasteiger partial charge on any atom is -0.454 e. The summed E-state index contributed by atoms with van der Waals surface area (Å²) in [4.78, 5) is 52.4. The summed E-state index contributed by atoms with van der Waals surface area (Å²) in [5.74, 6) is -1.19. The second kappa shape index (κ2) is 7.93. The molecule has 0 bridgehead atoms. The van der Waals surface area contributed by atoms with Crippen molar-refractivity contribution >= 4 is 23.8 Å². The van der Waals surface area contributed by atoms with Crippen molar-refractivity contribution in [3.63, 3.8) is 0 Å². The van der Waals surface area contributed by atoms with Gasteiger partial charge in [-0.05, 0) is 37.5 Å². The number of rotatable bonds is 4. The Kier molecular flexibility index (Phi) is 5.89. The molecule has 0 aromatic rings. The van der Waals surface area contributed by atoms with E-state index in [4.69, 9.17) is 9.47 Å². The Morgan fingerprint density at radius 3 is 2.62 bits per heavy atom. The molecule has 9 nitrogen and oxygen atoms in total. The van der Waals surface area contributed by atoms with Crippen LogP contribution in [0.4, 0.5) is 4.79 Å². The molecule has 0 aromatic heterocycles. The standard InChI is InChI=1S/C20H31N3O6/c1-13-7-19(3,4)12-20(8-13)17(26)23(18(27)21-20)10-16(25)29-11-15(24)22-5-6-28-14(2)9-22/h13-14H,5-12H2,1-4H3,(H,21,27). The molecule has 0 radical (unpaired) electrons. The Labute approximate surface area is 171 Å². The minimum absolute atomic E-state index is 0.0624. The van der Waals surface area contributed by atoms with Crippen molar-refractivity contribution in [3.8, 4) is 0 Å². The van der Waals surface area contributed by atoms with Crippen LogP contribution >= 0.6 is 0 Å². The highest BCUT2D eigenvalue weighted by molar-refractivity contribution is 6.08. The smallest absolute Gasteiger partial charge is 0.326 e. The van der Waals surface area contributed by atoms with Gasteiger partial charge in [0.1, 0.15) is 12.1 Å². The van der Waals surface area contributed by atoms with Crippen molar-refractivity contribution in [2.24, 2.45) is 11.3 Å². The molecule has 4 amide bonds. The van der Waals surface area contributed by atoms with E-state index < -0.39 is 30.7 Å². The van der Waals surface area contributed by atoms with Crippen molar-refractivity contribution in [2.45, 2.75) is 58.6 Å². The van der Waals surface area contributed by atoms with Crippen molar-refractivity contribution in [1.82, 2.24) is 15.1 Å². The fraction of sp³-hybridized carbons (Fsp3) is 0.800. The zero-order chi connectivity index (χ0) is 21.4. The fourth-order valence-electron chi connectivity index (χ4n) is 5.10. The van der Waals surface area contributed by atoms with Crippen LogP contribution in [0.3, 0.4) is 0 Å². The Morgan fingerprint density at radius 2 is 1.97 bits per heavy atom. The molecule has 3 rings (SSSR count). The largest absolute Gasteiger partial charge is 0.454 e. The number of urea groups is 1. The van der Waals surface area contributed by atoms with Crippen LogP contribution in [0.1, 0.15) is 47.0 Å². The van der Waals surface area contributed by atoms with Crippen molar-refractivity contribution in [1.29, 1.82) is 0 Å². The van der Waals surface area contributed by atoms with Gasteiger partial charge in [-0.2, -0.15) is 0 Å². The summed E-state index contributed by atoms with van der Waals surface area (Å²) in [5.41, 5.74) is -1.04. The summed E-state index contributed by atoms with van der Waals surface area (Å²) in [6.07, 6.45) is 2.00. The Morgan fingerprint density at radius 1 is 1.24 bits per heavy atom. The lowest BCUT2D eigenvalue weighted by Gasteiger charge is -2.43. The van der Waals surface area contributed by atoms with E-state index in [1.807, 2.05) is 6.92 Å². The Hall–Kier alpha value is -2.16. The highest BCUT2D eigenvalue weighted by Crippen LogP contribution is 2.46. The Bertz CT molecular complexity index is 708. The predicted octanol–water partition coefficient (Wildman–Crippen LogP) is 0.914. The molecule has 1 N–H and O–H groups in total. The molecule has 162 valence electrons. The van der Waals surface area contributed by atoms with Crippen LogP contribution in [0.15, 0.2) is 0 Å². The van der Waals surface area contributed by atoms with E-state index in [0.717, 1.165) is 11.3 Å². The van der Waals surface area contributed by atoms with Gasteiger partial charge >= 0.3 is 12.0 Å². The van der Waals surface area contributed by atoms with Gasteiger partial charge in [-0.25, -0.2) is 4.79 Å². The van der Waals surface area contributed by atoms with Gasteiger partial charge in [0.2, 0.25) is 0 Å². The number of hydrogen-bond donors (Lipinski definition) is 1. The summed E-state index contributed by atoms with van der Waals surface area (Å²) in [7, 11) is 0. The number of carbonyl (C=O) groups is 4. The first-order valence-electron chi connectivity index (χ1n) is 10.2. The van der Waals surface area contributed by atoms with Gasteiger partial charge in [0.05, 0.1) is 12.7 Å². The quantitative estimate of drug-likeness (QED) is 0.547. The molecule has 29 heavy (non-hydrogen) atoms. The molecule has 3 unspecified atom stereocenters. The molecule has 2 heterocycles. The summed E-state index contributed by atoms with van der Waals surface area (Å²) >= 11 is 0. The molecule has 3 atom stereocenters. The van der Waals surface area contributed by atoms with Gasteiger partial charge in [-0.1, -0.05) is 20.8 Å². The number of esters is 1. The lowest BCUT2D eigenvalue weighted by Crippen LogP contribution is -2.54. The number of ether oxygens (including phenoxy) is 2. The highest BCUT2D eigenvalue weighted by atomic mass is 16.5. The lowest BCUT2D eigenvalue weighted by atomic mass is 9.64. The average Bonchev–Trinajstić information content (AvgIpc) is 2.81. The van der Waals surface area contributed by atoms with Gasteiger partial charge in [0.25, 0.3) is 11.8 Å². The monoisotopic (exact) mass is 409 g/mol. The number of nitrogens with zero attached hydrogens (tertiary/aromatic N) is 2. The van der Waals surface area contributed by atoms with E-state index in [2.05, 4.69) is 26.1 Å². The first-order valence-corrected chi connectivity index (χ1v) is 10.2. The zero-order valence-corrected chi connectivity index (χ0v) is 17.7. The van der Waals surface area contributed by atoms with E-state index in [1.165, 1.54) is 0 Å². The number of carbonyl (C=O) groups excluding carboxylic acids is 4. The summed E-state index contributed by atoms with van der Waals surface area (Å²) in [6.45, 7) is 8.53. The van der Waals surface area contributed by atoms with Gasteiger partial charge < -0.3 is 19.7 Å². The second-order valence-corrected chi connectivity index (χ2v) is 9.44. The molecule has 3 aliphatic rings. The number of hydrogen-bond acceptors (Lipinski definition) is 6. The van der Waals surface area contributed by atoms with Crippen LogP contribution in [-0.2, 0) is 23.9 Å². The molecule has 9 heteroatoms. The fourth-order valence-corrected chi connectivity index (χ4v) is 5.10. The van der Waals surface area contributed by atoms with E-state index >= 15 is 0 Å². The van der Waals surface area contributed by atoms with Crippen LogP contribution in [0, 0.1) is 11.3 Å². The van der Waals surface area contributed by atoms with Gasteiger partial charge in [-0.3, -0.25) is 19.3 Å². The normalized spacial score (nSPS) is 31.7. The van der Waals surface area contributed by atoms with E-state index in [9.17, 15) is 19.2 Å². The third kappa shape index (κ3) is 4.71. The van der Waals surface area contributed by atoms with Gasteiger partial charge in [-0.15, -0.1) is 0 Å². The molecule has 1 aliphatic carbocycles. The third-order valence-electron chi connectivity index (χ3n) is 5.86. The van der Waals surface area contributed by atoms with Gasteiger partial charge in [0.15, 0.2) is 6.61 Å². The van der Waals surface area contributed by atoms with Crippen molar-refractivity contribution in [2.75, 3.05) is 32.8 Å². The summed E-state index contributed by atoms with van der Waals surface area (Å²) in [5, 5.41) is 2.82. The molecule has 0 aromatic carbocycles. The molecule has 1 saturated carbocycles. The molecular formula is C20H31N3O6. The van der Waals surface area contributed by atoms with Crippen LogP contribution in [-0.4, -0.2) is 78.1 Å². The van der Waals surface area contributed by atoms with Crippen LogP contribution in [0.5, 0.6) is 0 Å². The average molecular weight is 409 g/mol. The molecule has 1 spiro atoms.